The summed E-state index contributed by atoms with van der Waals surface area (Å²) in [6.45, 7) is 0.775. The minimum Gasteiger partial charge on any atom is -0.395 e. The van der Waals surface area contributed by atoms with E-state index in [1.54, 1.807) is 6.20 Å². The van der Waals surface area contributed by atoms with Crippen molar-refractivity contribution in [1.29, 1.82) is 0 Å². The van der Waals surface area contributed by atoms with Crippen LogP contribution in [-0.2, 0) is 13.0 Å². The number of halogens is 1. The Morgan fingerprint density at radius 1 is 1.16 bits per heavy atom. The number of hydrogen-bond donors (Lipinski definition) is 2. The van der Waals surface area contributed by atoms with Gasteiger partial charge < -0.3 is 10.4 Å². The van der Waals surface area contributed by atoms with Crippen LogP contribution < -0.4 is 5.32 Å². The monoisotopic (exact) mass is 320 g/mol. The van der Waals surface area contributed by atoms with E-state index in [0.717, 1.165) is 16.6 Å². The Labute approximate surface area is 121 Å². The summed E-state index contributed by atoms with van der Waals surface area (Å²) in [5.41, 5.74) is 2.19. The summed E-state index contributed by atoms with van der Waals surface area (Å²) in [4.78, 5) is 4.30. The third-order valence-corrected chi connectivity index (χ3v) is 3.37. The molecule has 0 saturated heterocycles. The van der Waals surface area contributed by atoms with Crippen LogP contribution >= 0.6 is 15.9 Å². The van der Waals surface area contributed by atoms with E-state index in [2.05, 4.69) is 38.4 Å². The highest BCUT2D eigenvalue weighted by molar-refractivity contribution is 9.10. The van der Waals surface area contributed by atoms with Crippen molar-refractivity contribution in [2.45, 2.75) is 19.0 Å². The van der Waals surface area contributed by atoms with E-state index in [9.17, 15) is 5.11 Å². The van der Waals surface area contributed by atoms with Gasteiger partial charge in [-0.1, -0.05) is 30.3 Å². The highest BCUT2D eigenvalue weighted by atomic mass is 79.9. The Bertz CT molecular complexity index is 487. The topological polar surface area (TPSA) is 45.1 Å². The van der Waals surface area contributed by atoms with Crippen molar-refractivity contribution in [2.75, 3.05) is 6.61 Å². The molecule has 1 atom stereocenters. The minimum atomic E-state index is 0.0489. The molecule has 4 heteroatoms. The van der Waals surface area contributed by atoms with Gasteiger partial charge in [0.25, 0.3) is 0 Å². The van der Waals surface area contributed by atoms with Crippen LogP contribution in [-0.4, -0.2) is 22.7 Å². The summed E-state index contributed by atoms with van der Waals surface area (Å²) >= 11 is 3.36. The van der Waals surface area contributed by atoms with Gasteiger partial charge in [-0.05, 0) is 40.0 Å². The summed E-state index contributed by atoms with van der Waals surface area (Å²) in [6, 6.07) is 14.2. The van der Waals surface area contributed by atoms with Gasteiger partial charge in [-0.2, -0.15) is 0 Å². The lowest BCUT2D eigenvalue weighted by Gasteiger charge is -2.16. The van der Waals surface area contributed by atoms with E-state index in [0.29, 0.717) is 6.54 Å². The predicted molar refractivity (Wildman–Crippen MR) is 79.8 cm³/mol. The summed E-state index contributed by atoms with van der Waals surface area (Å²) in [7, 11) is 0. The predicted octanol–water partition coefficient (Wildman–Crippen LogP) is 2.54. The molecule has 0 aliphatic carbocycles. The van der Waals surface area contributed by atoms with Gasteiger partial charge in [0.05, 0.1) is 12.3 Å². The number of rotatable bonds is 6. The van der Waals surface area contributed by atoms with E-state index < -0.39 is 0 Å². The second-order valence-electron chi connectivity index (χ2n) is 4.42. The molecule has 1 aromatic carbocycles. The lowest BCUT2D eigenvalue weighted by atomic mass is 10.1. The molecule has 0 fully saturated rings. The number of benzene rings is 1. The van der Waals surface area contributed by atoms with Gasteiger partial charge in [0.15, 0.2) is 0 Å². The van der Waals surface area contributed by atoms with Gasteiger partial charge >= 0.3 is 0 Å². The quantitative estimate of drug-likeness (QED) is 0.859. The first-order chi connectivity index (χ1) is 9.28. The first kappa shape index (κ1) is 14.2. The fraction of sp³-hybridized carbons (Fsp3) is 0.267. The van der Waals surface area contributed by atoms with Crippen LogP contribution in [0.2, 0.25) is 0 Å². The lowest BCUT2D eigenvalue weighted by molar-refractivity contribution is 0.240. The molecule has 0 radical (unpaired) electrons. The van der Waals surface area contributed by atoms with E-state index >= 15 is 0 Å². The molecule has 2 rings (SSSR count). The number of nitrogens with one attached hydrogen (secondary N) is 1. The smallest absolute Gasteiger partial charge is 0.0588 e. The van der Waals surface area contributed by atoms with Gasteiger partial charge in [0, 0.05) is 23.3 Å². The van der Waals surface area contributed by atoms with Crippen LogP contribution in [0.15, 0.2) is 53.1 Å². The molecule has 1 unspecified atom stereocenters. The molecule has 2 aromatic rings. The van der Waals surface area contributed by atoms with Crippen molar-refractivity contribution in [3.63, 3.8) is 0 Å². The van der Waals surface area contributed by atoms with Crippen LogP contribution in [0.25, 0.3) is 0 Å². The molecule has 2 N–H and O–H groups in total. The van der Waals surface area contributed by atoms with Gasteiger partial charge in [0.2, 0.25) is 0 Å². The standard InChI is InChI=1S/C15H17BrN2O/c16-13-6-7-14(17-9-13)10-18-15(11-19)8-12-4-2-1-3-5-12/h1-7,9,15,18-19H,8,10-11H2. The van der Waals surface area contributed by atoms with Crippen LogP contribution in [0.1, 0.15) is 11.3 Å². The SMILES string of the molecule is OCC(Cc1ccccc1)NCc1ccc(Br)cn1. The molecule has 0 aliphatic rings. The second kappa shape index (κ2) is 7.38. The van der Waals surface area contributed by atoms with Crippen molar-refractivity contribution in [2.24, 2.45) is 0 Å². The van der Waals surface area contributed by atoms with Crippen molar-refractivity contribution in [3.8, 4) is 0 Å². The van der Waals surface area contributed by atoms with Crippen molar-refractivity contribution in [3.05, 3.63) is 64.4 Å². The minimum absolute atomic E-state index is 0.0489. The molecule has 100 valence electrons. The molecule has 0 amide bonds. The molecule has 0 saturated carbocycles. The van der Waals surface area contributed by atoms with Crippen molar-refractivity contribution < 1.29 is 5.11 Å². The van der Waals surface area contributed by atoms with Crippen LogP contribution in [0.4, 0.5) is 0 Å². The zero-order valence-corrected chi connectivity index (χ0v) is 12.2. The number of aliphatic hydroxyl groups excluding tert-OH is 1. The van der Waals surface area contributed by atoms with E-state index in [1.807, 2.05) is 30.3 Å². The van der Waals surface area contributed by atoms with Crippen molar-refractivity contribution >= 4 is 15.9 Å². The third-order valence-electron chi connectivity index (χ3n) is 2.91. The van der Waals surface area contributed by atoms with Gasteiger partial charge in [-0.25, -0.2) is 0 Å². The number of hydrogen-bond acceptors (Lipinski definition) is 3. The van der Waals surface area contributed by atoms with Crippen LogP contribution in [0, 0.1) is 0 Å². The largest absolute Gasteiger partial charge is 0.395 e. The lowest BCUT2D eigenvalue weighted by Crippen LogP contribution is -2.34. The average Bonchev–Trinajstić information content (AvgIpc) is 2.46. The molecular formula is C15H17BrN2O. The summed E-state index contributed by atoms with van der Waals surface area (Å²) in [5, 5.41) is 12.7. The molecule has 1 aromatic heterocycles. The van der Waals surface area contributed by atoms with Crippen LogP contribution in [0.3, 0.4) is 0 Å². The molecule has 0 bridgehead atoms. The fourth-order valence-electron chi connectivity index (χ4n) is 1.86. The fourth-order valence-corrected chi connectivity index (χ4v) is 2.09. The summed E-state index contributed by atoms with van der Waals surface area (Å²) in [6.07, 6.45) is 2.59. The summed E-state index contributed by atoms with van der Waals surface area (Å²) < 4.78 is 0.972. The Morgan fingerprint density at radius 2 is 1.95 bits per heavy atom. The maximum Gasteiger partial charge on any atom is 0.0588 e. The molecule has 1 heterocycles. The summed E-state index contributed by atoms with van der Waals surface area (Å²) in [5.74, 6) is 0. The Kier molecular flexibility index (Phi) is 5.51. The average molecular weight is 321 g/mol. The zero-order valence-electron chi connectivity index (χ0n) is 10.6. The van der Waals surface area contributed by atoms with E-state index in [1.165, 1.54) is 5.56 Å². The zero-order chi connectivity index (χ0) is 13.5. The molecular weight excluding hydrogens is 304 g/mol. The highest BCUT2D eigenvalue weighted by Crippen LogP contribution is 2.08. The van der Waals surface area contributed by atoms with Gasteiger partial charge in [-0.15, -0.1) is 0 Å². The highest BCUT2D eigenvalue weighted by Gasteiger charge is 2.08. The Hall–Kier alpha value is -1.23. The molecule has 0 aliphatic heterocycles. The Balaban J connectivity index is 1.87. The van der Waals surface area contributed by atoms with E-state index in [-0.39, 0.29) is 12.6 Å². The third kappa shape index (κ3) is 4.74. The molecule has 3 nitrogen and oxygen atoms in total. The molecule has 19 heavy (non-hydrogen) atoms. The maximum absolute atomic E-state index is 9.42. The van der Waals surface area contributed by atoms with E-state index in [4.69, 9.17) is 0 Å². The van der Waals surface area contributed by atoms with Gasteiger partial charge in [-0.3, -0.25) is 4.98 Å². The molecule has 0 spiro atoms. The normalized spacial score (nSPS) is 12.3. The van der Waals surface area contributed by atoms with Crippen LogP contribution in [0.5, 0.6) is 0 Å². The number of nitrogens with zero attached hydrogens (tertiary/aromatic N) is 1. The number of pyridine rings is 1. The Morgan fingerprint density at radius 3 is 2.58 bits per heavy atom. The first-order valence-corrected chi connectivity index (χ1v) is 7.06. The van der Waals surface area contributed by atoms with Crippen molar-refractivity contribution in [1.82, 2.24) is 10.3 Å². The number of aliphatic hydroxyl groups is 1. The second-order valence-corrected chi connectivity index (χ2v) is 5.33. The number of aromatic nitrogens is 1. The maximum atomic E-state index is 9.42. The van der Waals surface area contributed by atoms with Gasteiger partial charge in [0.1, 0.15) is 0 Å². The first-order valence-electron chi connectivity index (χ1n) is 6.26.